The first-order valence-corrected chi connectivity index (χ1v) is 7.43. The van der Waals surface area contributed by atoms with Gasteiger partial charge in [-0.3, -0.25) is 4.79 Å². The molecule has 0 fully saturated rings. The Morgan fingerprint density at radius 3 is 2.58 bits per heavy atom. The van der Waals surface area contributed by atoms with Crippen molar-refractivity contribution in [3.05, 3.63) is 70.6 Å². The maximum Gasteiger partial charge on any atom is 0.258 e. The van der Waals surface area contributed by atoms with Crippen LogP contribution in [-0.2, 0) is 0 Å². The van der Waals surface area contributed by atoms with E-state index in [9.17, 15) is 10.1 Å². The first kappa shape index (κ1) is 14.1. The first-order chi connectivity index (χ1) is 11.7. The van der Waals surface area contributed by atoms with Gasteiger partial charge in [-0.1, -0.05) is 24.3 Å². The van der Waals surface area contributed by atoms with E-state index in [1.807, 2.05) is 53.1 Å². The summed E-state index contributed by atoms with van der Waals surface area (Å²) >= 11 is 0. The van der Waals surface area contributed by atoms with E-state index in [0.29, 0.717) is 16.6 Å². The molecule has 0 spiro atoms. The van der Waals surface area contributed by atoms with Crippen LogP contribution in [0, 0.1) is 11.3 Å². The highest BCUT2D eigenvalue weighted by molar-refractivity contribution is 5.86. The molecular formula is C19H13N3O2. The van der Waals surface area contributed by atoms with Crippen LogP contribution in [0.5, 0.6) is 5.75 Å². The highest BCUT2D eigenvalue weighted by Gasteiger charge is 2.15. The second-order valence-electron chi connectivity index (χ2n) is 5.45. The fourth-order valence-corrected chi connectivity index (χ4v) is 2.97. The molecule has 116 valence electrons. The SMILES string of the molecule is COc1ccc(-c2cn3c([nH]c(=O)c4ccccc43)c2C#N)cc1. The van der Waals surface area contributed by atoms with Gasteiger partial charge in [0, 0.05) is 11.8 Å². The van der Waals surface area contributed by atoms with E-state index >= 15 is 0 Å². The van der Waals surface area contributed by atoms with Gasteiger partial charge in [0.15, 0.2) is 0 Å². The van der Waals surface area contributed by atoms with Crippen LogP contribution in [0.3, 0.4) is 0 Å². The number of ether oxygens (including phenoxy) is 1. The maximum atomic E-state index is 12.3. The molecule has 24 heavy (non-hydrogen) atoms. The lowest BCUT2D eigenvalue weighted by Crippen LogP contribution is -2.09. The Morgan fingerprint density at radius 2 is 1.88 bits per heavy atom. The summed E-state index contributed by atoms with van der Waals surface area (Å²) in [5, 5.41) is 10.2. The number of hydrogen-bond donors (Lipinski definition) is 1. The lowest BCUT2D eigenvalue weighted by molar-refractivity contribution is 0.415. The molecule has 2 aromatic carbocycles. The van der Waals surface area contributed by atoms with Crippen molar-refractivity contribution >= 4 is 16.6 Å². The minimum atomic E-state index is -0.200. The van der Waals surface area contributed by atoms with Crippen molar-refractivity contribution < 1.29 is 4.74 Å². The van der Waals surface area contributed by atoms with Crippen molar-refractivity contribution in [3.63, 3.8) is 0 Å². The van der Waals surface area contributed by atoms with Gasteiger partial charge >= 0.3 is 0 Å². The summed E-state index contributed by atoms with van der Waals surface area (Å²) < 4.78 is 7.03. The molecule has 5 nitrogen and oxygen atoms in total. The molecule has 1 N–H and O–H groups in total. The molecule has 2 aromatic heterocycles. The third-order valence-electron chi connectivity index (χ3n) is 4.16. The van der Waals surface area contributed by atoms with Gasteiger partial charge in [-0.2, -0.15) is 5.26 Å². The van der Waals surface area contributed by atoms with Crippen LogP contribution >= 0.6 is 0 Å². The molecule has 0 saturated heterocycles. The second-order valence-corrected chi connectivity index (χ2v) is 5.45. The Hall–Kier alpha value is -3.52. The monoisotopic (exact) mass is 315 g/mol. The molecule has 0 amide bonds. The Labute approximate surface area is 137 Å². The van der Waals surface area contributed by atoms with E-state index in [4.69, 9.17) is 4.74 Å². The Balaban J connectivity index is 2.08. The van der Waals surface area contributed by atoms with Gasteiger partial charge in [0.25, 0.3) is 5.56 Å². The standard InChI is InChI=1S/C19H13N3O2/c1-24-13-8-6-12(7-9-13)16-11-22-17-5-3-2-4-14(17)19(23)21-18(22)15(16)10-20/h2-9,11H,1H3,(H,21,23). The molecule has 0 aliphatic carbocycles. The molecule has 0 aliphatic heterocycles. The molecule has 4 rings (SSSR count). The normalized spacial score (nSPS) is 10.8. The van der Waals surface area contributed by atoms with E-state index in [-0.39, 0.29) is 5.56 Å². The number of nitrogens with one attached hydrogen (secondary N) is 1. The summed E-state index contributed by atoms with van der Waals surface area (Å²) in [6.07, 6.45) is 1.88. The first-order valence-electron chi connectivity index (χ1n) is 7.43. The molecule has 0 unspecified atom stereocenters. The van der Waals surface area contributed by atoms with Crippen molar-refractivity contribution in [3.8, 4) is 22.9 Å². The third-order valence-corrected chi connectivity index (χ3v) is 4.16. The van der Waals surface area contributed by atoms with Crippen LogP contribution < -0.4 is 10.3 Å². The van der Waals surface area contributed by atoms with Crippen molar-refractivity contribution in [2.45, 2.75) is 0 Å². The average Bonchev–Trinajstić information content (AvgIpc) is 3.00. The van der Waals surface area contributed by atoms with Gasteiger partial charge in [0.2, 0.25) is 0 Å². The summed E-state index contributed by atoms with van der Waals surface area (Å²) in [4.78, 5) is 15.1. The number of aromatic nitrogens is 2. The van der Waals surface area contributed by atoms with Crippen molar-refractivity contribution in [1.82, 2.24) is 9.38 Å². The van der Waals surface area contributed by atoms with E-state index in [1.165, 1.54) is 0 Å². The van der Waals surface area contributed by atoms with Gasteiger partial charge in [-0.15, -0.1) is 0 Å². The van der Waals surface area contributed by atoms with E-state index in [0.717, 1.165) is 22.4 Å². The fraction of sp³-hybridized carbons (Fsp3) is 0.0526. The molecule has 0 aliphatic rings. The zero-order chi connectivity index (χ0) is 16.7. The van der Waals surface area contributed by atoms with Crippen LogP contribution in [0.15, 0.2) is 59.5 Å². The average molecular weight is 315 g/mol. The predicted molar refractivity (Wildman–Crippen MR) is 92.2 cm³/mol. The zero-order valence-corrected chi connectivity index (χ0v) is 12.9. The summed E-state index contributed by atoms with van der Waals surface area (Å²) in [5.74, 6) is 0.750. The number of para-hydroxylation sites is 1. The van der Waals surface area contributed by atoms with Crippen molar-refractivity contribution in [1.29, 1.82) is 5.26 Å². The van der Waals surface area contributed by atoms with Crippen LogP contribution in [-0.4, -0.2) is 16.5 Å². The number of nitrogens with zero attached hydrogens (tertiary/aromatic N) is 2. The smallest absolute Gasteiger partial charge is 0.258 e. The number of hydrogen-bond acceptors (Lipinski definition) is 3. The molecule has 0 atom stereocenters. The Morgan fingerprint density at radius 1 is 1.12 bits per heavy atom. The van der Waals surface area contributed by atoms with Crippen LogP contribution in [0.25, 0.3) is 27.7 Å². The van der Waals surface area contributed by atoms with Gasteiger partial charge in [0.05, 0.1) is 18.0 Å². The van der Waals surface area contributed by atoms with Crippen molar-refractivity contribution in [2.24, 2.45) is 0 Å². The van der Waals surface area contributed by atoms with Gasteiger partial charge in [0.1, 0.15) is 23.0 Å². The predicted octanol–water partition coefficient (Wildman–Crippen LogP) is 3.33. The van der Waals surface area contributed by atoms with Gasteiger partial charge in [-0.05, 0) is 29.8 Å². The topological polar surface area (TPSA) is 70.3 Å². The number of fused-ring (bicyclic) bond motifs is 3. The van der Waals surface area contributed by atoms with Crippen LogP contribution in [0.1, 0.15) is 5.56 Å². The Bertz CT molecular complexity index is 1160. The Kier molecular flexibility index (Phi) is 3.10. The highest BCUT2D eigenvalue weighted by Crippen LogP contribution is 2.30. The maximum absolute atomic E-state index is 12.3. The quantitative estimate of drug-likeness (QED) is 0.617. The van der Waals surface area contributed by atoms with Crippen LogP contribution in [0.4, 0.5) is 0 Å². The van der Waals surface area contributed by atoms with Gasteiger partial charge < -0.3 is 14.1 Å². The lowest BCUT2D eigenvalue weighted by Gasteiger charge is -2.01. The summed E-state index contributed by atoms with van der Waals surface area (Å²) in [7, 11) is 1.61. The number of rotatable bonds is 2. The molecule has 0 saturated carbocycles. The second kappa shape index (κ2) is 5.28. The summed E-state index contributed by atoms with van der Waals surface area (Å²) in [6.45, 7) is 0. The zero-order valence-electron chi connectivity index (χ0n) is 12.9. The molecule has 5 heteroatoms. The number of aromatic amines is 1. The lowest BCUT2D eigenvalue weighted by atomic mass is 10.1. The number of H-pyrrole nitrogens is 1. The molecule has 4 aromatic rings. The van der Waals surface area contributed by atoms with E-state index in [2.05, 4.69) is 11.1 Å². The van der Waals surface area contributed by atoms with Gasteiger partial charge in [-0.25, -0.2) is 0 Å². The van der Waals surface area contributed by atoms with E-state index in [1.54, 1.807) is 13.2 Å². The molecule has 0 bridgehead atoms. The van der Waals surface area contributed by atoms with E-state index < -0.39 is 0 Å². The molecule has 2 heterocycles. The molecule has 0 radical (unpaired) electrons. The number of methoxy groups -OCH3 is 1. The summed E-state index contributed by atoms with van der Waals surface area (Å²) in [6, 6.07) is 17.0. The minimum Gasteiger partial charge on any atom is -0.497 e. The van der Waals surface area contributed by atoms with Crippen LogP contribution in [0.2, 0.25) is 0 Å². The number of nitriles is 1. The minimum absolute atomic E-state index is 0.200. The largest absolute Gasteiger partial charge is 0.497 e. The van der Waals surface area contributed by atoms with Crippen molar-refractivity contribution in [2.75, 3.05) is 7.11 Å². The summed E-state index contributed by atoms with van der Waals surface area (Å²) in [5.41, 5.74) is 3.18. The molecular weight excluding hydrogens is 302 g/mol. The fourth-order valence-electron chi connectivity index (χ4n) is 2.97. The number of benzene rings is 2. The highest BCUT2D eigenvalue weighted by atomic mass is 16.5. The third kappa shape index (κ3) is 1.97.